The van der Waals surface area contributed by atoms with E-state index in [4.69, 9.17) is 5.73 Å². The largest absolute Gasteiger partial charge is 0.508 e. The second-order valence-corrected chi connectivity index (χ2v) is 17.4. The van der Waals surface area contributed by atoms with E-state index in [1.54, 1.807) is 6.07 Å². The van der Waals surface area contributed by atoms with Gasteiger partial charge in [-0.25, -0.2) is 0 Å². The first-order valence-corrected chi connectivity index (χ1v) is 21.6. The SMILES string of the molecule is NCCC1C(CC(CC=CCCC2CCCCC2)CCc2ccccc2)C=CC(C2(c3ccccc3)CCCC(Cc3cccc(O)c3)C2)C1CC(=O)O. The van der Waals surface area contributed by atoms with Crippen LogP contribution in [0.25, 0.3) is 0 Å². The summed E-state index contributed by atoms with van der Waals surface area (Å²) in [6, 6.07) is 29.7. The second kappa shape index (κ2) is 20.3. The van der Waals surface area contributed by atoms with E-state index in [2.05, 4.69) is 91.0 Å². The van der Waals surface area contributed by atoms with E-state index in [-0.39, 0.29) is 29.6 Å². The van der Waals surface area contributed by atoms with Crippen LogP contribution < -0.4 is 5.73 Å². The molecule has 7 unspecified atom stereocenters. The minimum absolute atomic E-state index is 0.0154. The van der Waals surface area contributed by atoms with Crippen LogP contribution in [-0.2, 0) is 23.1 Å². The Morgan fingerprint density at radius 2 is 1.56 bits per heavy atom. The van der Waals surface area contributed by atoms with Gasteiger partial charge in [0.25, 0.3) is 0 Å². The van der Waals surface area contributed by atoms with Gasteiger partial charge in [0, 0.05) is 11.8 Å². The van der Waals surface area contributed by atoms with Gasteiger partial charge < -0.3 is 15.9 Å². The van der Waals surface area contributed by atoms with Crippen LogP contribution in [-0.4, -0.2) is 22.7 Å². The Kier molecular flexibility index (Phi) is 15.1. The summed E-state index contributed by atoms with van der Waals surface area (Å²) in [6.07, 6.45) is 30.1. The molecule has 4 heteroatoms. The Morgan fingerprint density at radius 1 is 0.815 bits per heavy atom. The monoisotopic (exact) mass is 730 g/mol. The Labute approximate surface area is 326 Å². The van der Waals surface area contributed by atoms with Crippen molar-refractivity contribution < 1.29 is 15.0 Å². The fraction of sp³-hybridized carbons (Fsp3) is 0.540. The van der Waals surface area contributed by atoms with Crippen LogP contribution in [0.5, 0.6) is 5.75 Å². The van der Waals surface area contributed by atoms with Crippen LogP contribution in [0.4, 0.5) is 0 Å². The summed E-state index contributed by atoms with van der Waals surface area (Å²) in [5.74, 6) is 2.19. The lowest BCUT2D eigenvalue weighted by Crippen LogP contribution is -2.48. The number of nitrogens with two attached hydrogens (primary N) is 1. The molecule has 3 aromatic rings. The molecule has 0 heterocycles. The fourth-order valence-corrected chi connectivity index (χ4v) is 11.2. The minimum atomic E-state index is -0.696. The number of allylic oxidation sites excluding steroid dienone is 4. The summed E-state index contributed by atoms with van der Waals surface area (Å²) in [5.41, 5.74) is 10.2. The van der Waals surface area contributed by atoms with Gasteiger partial charge in [-0.05, 0) is 141 Å². The molecule has 3 aromatic carbocycles. The maximum atomic E-state index is 12.8. The summed E-state index contributed by atoms with van der Waals surface area (Å²) in [6.45, 7) is 0.575. The van der Waals surface area contributed by atoms with Crippen LogP contribution in [0.1, 0.15) is 119 Å². The van der Waals surface area contributed by atoms with E-state index in [0.717, 1.165) is 70.1 Å². The molecule has 0 aliphatic heterocycles. The molecule has 0 spiro atoms. The van der Waals surface area contributed by atoms with Crippen LogP contribution in [0.15, 0.2) is 109 Å². The number of phenols is 1. The number of carbonyl (C=O) groups is 1. The molecule has 0 radical (unpaired) electrons. The average Bonchev–Trinajstić information content (AvgIpc) is 3.19. The summed E-state index contributed by atoms with van der Waals surface area (Å²) in [7, 11) is 0. The molecule has 0 amide bonds. The smallest absolute Gasteiger partial charge is 0.303 e. The van der Waals surface area contributed by atoms with Gasteiger partial charge in [-0.1, -0.05) is 142 Å². The summed E-state index contributed by atoms with van der Waals surface area (Å²) in [5, 5.41) is 20.8. The van der Waals surface area contributed by atoms with Gasteiger partial charge in [-0.15, -0.1) is 0 Å². The van der Waals surface area contributed by atoms with E-state index in [9.17, 15) is 15.0 Å². The molecule has 7 atom stereocenters. The molecule has 0 aromatic heterocycles. The highest BCUT2D eigenvalue weighted by Crippen LogP contribution is 2.56. The lowest BCUT2D eigenvalue weighted by atomic mass is 9.51. The van der Waals surface area contributed by atoms with Gasteiger partial charge in [0.15, 0.2) is 0 Å². The third kappa shape index (κ3) is 11.0. The van der Waals surface area contributed by atoms with E-state index < -0.39 is 5.97 Å². The van der Waals surface area contributed by atoms with Crippen molar-refractivity contribution in [3.05, 3.63) is 126 Å². The molecular formula is C50H67NO3. The van der Waals surface area contributed by atoms with Gasteiger partial charge in [-0.2, -0.15) is 0 Å². The van der Waals surface area contributed by atoms with Crippen molar-refractivity contribution in [1.82, 2.24) is 0 Å². The molecule has 6 rings (SSSR count). The van der Waals surface area contributed by atoms with E-state index in [0.29, 0.717) is 30.0 Å². The number of hydrogen-bond donors (Lipinski definition) is 3. The first kappa shape index (κ1) is 40.0. The number of carboxylic acids is 1. The number of hydrogen-bond acceptors (Lipinski definition) is 3. The van der Waals surface area contributed by atoms with Gasteiger partial charge >= 0.3 is 5.97 Å². The van der Waals surface area contributed by atoms with Crippen molar-refractivity contribution in [3.63, 3.8) is 0 Å². The highest BCUT2D eigenvalue weighted by atomic mass is 16.4. The molecule has 4 N–H and O–H groups in total. The van der Waals surface area contributed by atoms with Gasteiger partial charge in [-0.3, -0.25) is 4.79 Å². The lowest BCUT2D eigenvalue weighted by molar-refractivity contribution is -0.139. The van der Waals surface area contributed by atoms with E-state index in [1.165, 1.54) is 61.6 Å². The highest BCUT2D eigenvalue weighted by molar-refractivity contribution is 5.67. The standard InChI is InChI=1S/C50H67NO3/c51-32-30-46-43(34-40(27-26-39-18-8-2-9-19-39)20-10-3-7-17-38-15-5-1-6-16-38)28-29-48(47(46)36-49(53)54)50(44-23-11-4-12-24-44)31-14-22-42(37-50)33-41-21-13-25-45(52)35-41/h2-4,8-13,18-19,21,23-25,28-29,35,38,40,42-43,46-48,52H,1,5-7,14-17,20,22,26-27,30-34,36-37,51H2,(H,53,54). The van der Waals surface area contributed by atoms with Crippen molar-refractivity contribution >= 4 is 5.97 Å². The van der Waals surface area contributed by atoms with Crippen molar-refractivity contribution in [2.24, 2.45) is 47.2 Å². The van der Waals surface area contributed by atoms with Crippen molar-refractivity contribution in [2.75, 3.05) is 6.54 Å². The Balaban J connectivity index is 1.27. The molecule has 3 aliphatic rings. The van der Waals surface area contributed by atoms with Crippen LogP contribution in [0.3, 0.4) is 0 Å². The number of aryl methyl sites for hydroxylation is 1. The van der Waals surface area contributed by atoms with Gasteiger partial charge in [0.2, 0.25) is 0 Å². The third-order valence-electron chi connectivity index (χ3n) is 13.7. The predicted octanol–water partition coefficient (Wildman–Crippen LogP) is 11.9. The Morgan fingerprint density at radius 3 is 2.30 bits per heavy atom. The van der Waals surface area contributed by atoms with E-state index >= 15 is 0 Å². The maximum Gasteiger partial charge on any atom is 0.303 e. The first-order valence-electron chi connectivity index (χ1n) is 21.6. The fourth-order valence-electron chi connectivity index (χ4n) is 11.2. The van der Waals surface area contributed by atoms with Crippen molar-refractivity contribution in [1.29, 1.82) is 0 Å². The number of aliphatic carboxylic acids is 1. The molecule has 54 heavy (non-hydrogen) atoms. The predicted molar refractivity (Wildman–Crippen MR) is 223 cm³/mol. The zero-order chi connectivity index (χ0) is 37.6. The third-order valence-corrected chi connectivity index (χ3v) is 13.7. The molecule has 3 aliphatic carbocycles. The molecule has 290 valence electrons. The Hall–Kier alpha value is -3.63. The average molecular weight is 730 g/mol. The summed E-state index contributed by atoms with van der Waals surface area (Å²) < 4.78 is 0. The second-order valence-electron chi connectivity index (χ2n) is 17.4. The molecule has 0 bridgehead atoms. The highest BCUT2D eigenvalue weighted by Gasteiger charge is 2.50. The summed E-state index contributed by atoms with van der Waals surface area (Å²) >= 11 is 0. The molecule has 2 fully saturated rings. The first-order chi connectivity index (χ1) is 26.4. The number of carboxylic acid groups (broad SMARTS) is 1. The van der Waals surface area contributed by atoms with Crippen LogP contribution >= 0.6 is 0 Å². The maximum absolute atomic E-state index is 12.8. The minimum Gasteiger partial charge on any atom is -0.508 e. The zero-order valence-electron chi connectivity index (χ0n) is 32.7. The quantitative estimate of drug-likeness (QED) is 0.114. The van der Waals surface area contributed by atoms with Crippen molar-refractivity contribution in [3.8, 4) is 5.75 Å². The van der Waals surface area contributed by atoms with Crippen LogP contribution in [0, 0.1) is 41.4 Å². The zero-order valence-corrected chi connectivity index (χ0v) is 32.7. The van der Waals surface area contributed by atoms with Crippen molar-refractivity contribution in [2.45, 2.75) is 121 Å². The number of phenolic OH excluding ortho intramolecular Hbond substituents is 1. The topological polar surface area (TPSA) is 83.5 Å². The molecular weight excluding hydrogens is 663 g/mol. The summed E-state index contributed by atoms with van der Waals surface area (Å²) in [4.78, 5) is 12.8. The number of aromatic hydroxyl groups is 1. The molecule has 0 saturated heterocycles. The lowest BCUT2D eigenvalue weighted by Gasteiger charge is -2.52. The normalized spacial score (nSPS) is 26.9. The molecule has 4 nitrogen and oxygen atoms in total. The Bertz CT molecular complexity index is 1610. The molecule has 2 saturated carbocycles. The number of rotatable bonds is 18. The number of benzene rings is 3. The van der Waals surface area contributed by atoms with E-state index in [1.807, 2.05) is 12.1 Å². The van der Waals surface area contributed by atoms with Gasteiger partial charge in [0.05, 0.1) is 0 Å². The van der Waals surface area contributed by atoms with Gasteiger partial charge in [0.1, 0.15) is 5.75 Å². The van der Waals surface area contributed by atoms with Crippen LogP contribution in [0.2, 0.25) is 0 Å².